The van der Waals surface area contributed by atoms with Crippen LogP contribution in [0.4, 0.5) is 5.69 Å². The third kappa shape index (κ3) is 4.12. The highest BCUT2D eigenvalue weighted by molar-refractivity contribution is 6.00. The van der Waals surface area contributed by atoms with E-state index >= 15 is 0 Å². The maximum absolute atomic E-state index is 12.6. The van der Waals surface area contributed by atoms with Gasteiger partial charge in [-0.15, -0.1) is 0 Å². The summed E-state index contributed by atoms with van der Waals surface area (Å²) >= 11 is 0. The van der Waals surface area contributed by atoms with Gasteiger partial charge in [0.25, 0.3) is 0 Å². The first kappa shape index (κ1) is 19.3. The second-order valence-electron chi connectivity index (χ2n) is 7.13. The Morgan fingerprint density at radius 3 is 2.22 bits per heavy atom. The summed E-state index contributed by atoms with van der Waals surface area (Å²) in [5, 5.41) is 3.13. The van der Waals surface area contributed by atoms with Crippen LogP contribution in [0.15, 0.2) is 12.1 Å². The monoisotopic (exact) mass is 376 g/mol. The van der Waals surface area contributed by atoms with Gasteiger partial charge in [0.15, 0.2) is 11.5 Å². The smallest absolute Gasteiger partial charge is 0.227 e. The van der Waals surface area contributed by atoms with E-state index in [4.69, 9.17) is 14.2 Å². The van der Waals surface area contributed by atoms with Gasteiger partial charge in [0.1, 0.15) is 0 Å². The standard InChI is InChI=1S/C20H28N2O5/c1-25-16-10-15(11-17(26-2)19(16)27-3)22-12-13(9-18(22)23)20(24)21-14-7-5-4-6-8-14/h10-11,13-14H,4-9,12H2,1-3H3,(H,21,24). The number of carbonyl (C=O) groups is 2. The minimum atomic E-state index is -0.335. The van der Waals surface area contributed by atoms with Gasteiger partial charge in [0.05, 0.1) is 32.9 Å². The van der Waals surface area contributed by atoms with E-state index in [1.165, 1.54) is 27.8 Å². The molecule has 3 rings (SSSR count). The first-order chi connectivity index (χ1) is 13.1. The molecule has 148 valence electrons. The lowest BCUT2D eigenvalue weighted by molar-refractivity contribution is -0.127. The van der Waals surface area contributed by atoms with Crippen LogP contribution in [0.3, 0.4) is 0 Å². The molecular formula is C20H28N2O5. The van der Waals surface area contributed by atoms with Crippen molar-refractivity contribution >= 4 is 17.5 Å². The zero-order valence-electron chi connectivity index (χ0n) is 16.2. The fourth-order valence-corrected chi connectivity index (χ4v) is 3.92. The number of amides is 2. The highest BCUT2D eigenvalue weighted by Gasteiger charge is 2.36. The second-order valence-corrected chi connectivity index (χ2v) is 7.13. The zero-order chi connectivity index (χ0) is 19.4. The first-order valence-electron chi connectivity index (χ1n) is 9.48. The number of hydrogen-bond acceptors (Lipinski definition) is 5. The van der Waals surface area contributed by atoms with Crippen molar-refractivity contribution in [1.29, 1.82) is 0 Å². The number of methoxy groups -OCH3 is 3. The van der Waals surface area contributed by atoms with E-state index in [2.05, 4.69) is 5.32 Å². The predicted octanol–water partition coefficient (Wildman–Crippen LogP) is 2.51. The van der Waals surface area contributed by atoms with E-state index in [0.29, 0.717) is 29.5 Å². The van der Waals surface area contributed by atoms with Crippen LogP contribution in [0.2, 0.25) is 0 Å². The maximum atomic E-state index is 12.6. The Balaban J connectivity index is 1.74. The second kappa shape index (κ2) is 8.50. The summed E-state index contributed by atoms with van der Waals surface area (Å²) in [4.78, 5) is 26.8. The molecule has 1 unspecified atom stereocenters. The Labute approximate surface area is 160 Å². The van der Waals surface area contributed by atoms with Crippen molar-refractivity contribution in [3.05, 3.63) is 12.1 Å². The summed E-state index contributed by atoms with van der Waals surface area (Å²) in [5.74, 6) is 1.00. The van der Waals surface area contributed by atoms with Crippen molar-refractivity contribution in [2.45, 2.75) is 44.6 Å². The van der Waals surface area contributed by atoms with Crippen molar-refractivity contribution < 1.29 is 23.8 Å². The molecule has 0 aromatic heterocycles. The number of benzene rings is 1. The van der Waals surface area contributed by atoms with Crippen LogP contribution in [0.1, 0.15) is 38.5 Å². The normalized spacial score (nSPS) is 20.5. The van der Waals surface area contributed by atoms with Crippen LogP contribution < -0.4 is 24.4 Å². The summed E-state index contributed by atoms with van der Waals surface area (Å²) in [6.45, 7) is 0.357. The van der Waals surface area contributed by atoms with Crippen molar-refractivity contribution in [3.8, 4) is 17.2 Å². The molecule has 7 nitrogen and oxygen atoms in total. The average Bonchev–Trinajstić information content (AvgIpc) is 3.09. The van der Waals surface area contributed by atoms with Gasteiger partial charge in [0, 0.05) is 31.1 Å². The van der Waals surface area contributed by atoms with Gasteiger partial charge in [-0.3, -0.25) is 9.59 Å². The molecule has 1 saturated heterocycles. The fraction of sp³-hybridized carbons (Fsp3) is 0.600. The predicted molar refractivity (Wildman–Crippen MR) is 102 cm³/mol. The van der Waals surface area contributed by atoms with E-state index < -0.39 is 0 Å². The summed E-state index contributed by atoms with van der Waals surface area (Å²) in [7, 11) is 4.60. The fourth-order valence-electron chi connectivity index (χ4n) is 3.92. The zero-order valence-corrected chi connectivity index (χ0v) is 16.2. The maximum Gasteiger partial charge on any atom is 0.227 e. The average molecular weight is 376 g/mol. The van der Waals surface area contributed by atoms with E-state index in [1.807, 2.05) is 0 Å². The number of carbonyl (C=O) groups excluding carboxylic acids is 2. The van der Waals surface area contributed by atoms with Gasteiger partial charge in [0.2, 0.25) is 17.6 Å². The first-order valence-corrected chi connectivity index (χ1v) is 9.48. The Bertz CT molecular complexity index is 675. The van der Waals surface area contributed by atoms with E-state index in [9.17, 15) is 9.59 Å². The van der Waals surface area contributed by atoms with Crippen molar-refractivity contribution in [1.82, 2.24) is 5.32 Å². The lowest BCUT2D eigenvalue weighted by Crippen LogP contribution is -2.40. The van der Waals surface area contributed by atoms with E-state index in [-0.39, 0.29) is 30.2 Å². The lowest BCUT2D eigenvalue weighted by Gasteiger charge is -2.24. The number of nitrogens with zero attached hydrogens (tertiary/aromatic N) is 1. The Kier molecular flexibility index (Phi) is 6.08. The molecule has 2 aliphatic rings. The van der Waals surface area contributed by atoms with Crippen LogP contribution in [-0.2, 0) is 9.59 Å². The van der Waals surface area contributed by atoms with Gasteiger partial charge in [-0.05, 0) is 12.8 Å². The Morgan fingerprint density at radius 1 is 1.04 bits per heavy atom. The summed E-state index contributed by atoms with van der Waals surface area (Å²) in [6.07, 6.45) is 5.84. The van der Waals surface area contributed by atoms with Crippen LogP contribution in [0.25, 0.3) is 0 Å². The molecule has 0 spiro atoms. The number of nitrogens with one attached hydrogen (secondary N) is 1. The Hall–Kier alpha value is -2.44. The van der Waals surface area contributed by atoms with Gasteiger partial charge in [-0.2, -0.15) is 0 Å². The number of anilines is 1. The molecule has 0 bridgehead atoms. The van der Waals surface area contributed by atoms with Crippen LogP contribution in [0, 0.1) is 5.92 Å². The van der Waals surface area contributed by atoms with Crippen molar-refractivity contribution in [3.63, 3.8) is 0 Å². The van der Waals surface area contributed by atoms with Crippen LogP contribution in [-0.4, -0.2) is 45.7 Å². The molecule has 1 N–H and O–H groups in total. The molecule has 1 aromatic carbocycles. The van der Waals surface area contributed by atoms with Gasteiger partial charge >= 0.3 is 0 Å². The highest BCUT2D eigenvalue weighted by Crippen LogP contribution is 2.42. The molecule has 1 aromatic rings. The molecule has 1 heterocycles. The molecule has 2 amide bonds. The number of hydrogen-bond donors (Lipinski definition) is 1. The van der Waals surface area contributed by atoms with Crippen molar-refractivity contribution in [2.75, 3.05) is 32.8 Å². The van der Waals surface area contributed by atoms with Crippen LogP contribution >= 0.6 is 0 Å². The quantitative estimate of drug-likeness (QED) is 0.826. The van der Waals surface area contributed by atoms with Crippen molar-refractivity contribution in [2.24, 2.45) is 5.92 Å². The topological polar surface area (TPSA) is 77.1 Å². The third-order valence-electron chi connectivity index (χ3n) is 5.41. The molecule has 7 heteroatoms. The lowest BCUT2D eigenvalue weighted by atomic mass is 9.95. The number of rotatable bonds is 6. The summed E-state index contributed by atoms with van der Waals surface area (Å²) < 4.78 is 16.1. The van der Waals surface area contributed by atoms with Gasteiger partial charge < -0.3 is 24.4 Å². The molecule has 1 aliphatic carbocycles. The molecule has 0 radical (unpaired) electrons. The molecule has 27 heavy (non-hydrogen) atoms. The molecular weight excluding hydrogens is 348 g/mol. The van der Waals surface area contributed by atoms with E-state index in [1.54, 1.807) is 17.0 Å². The largest absolute Gasteiger partial charge is 0.493 e. The van der Waals surface area contributed by atoms with E-state index in [0.717, 1.165) is 25.7 Å². The van der Waals surface area contributed by atoms with Gasteiger partial charge in [-0.1, -0.05) is 19.3 Å². The SMILES string of the molecule is COc1cc(N2CC(C(=O)NC3CCCCC3)CC2=O)cc(OC)c1OC. The van der Waals surface area contributed by atoms with Gasteiger partial charge in [-0.25, -0.2) is 0 Å². The Morgan fingerprint density at radius 2 is 1.67 bits per heavy atom. The minimum Gasteiger partial charge on any atom is -0.493 e. The molecule has 2 fully saturated rings. The minimum absolute atomic E-state index is 0.0230. The van der Waals surface area contributed by atoms with Crippen LogP contribution in [0.5, 0.6) is 17.2 Å². The third-order valence-corrected chi connectivity index (χ3v) is 5.41. The number of ether oxygens (including phenoxy) is 3. The highest BCUT2D eigenvalue weighted by atomic mass is 16.5. The molecule has 1 saturated carbocycles. The molecule has 1 aliphatic heterocycles. The summed E-state index contributed by atoms with van der Waals surface area (Å²) in [5.41, 5.74) is 0.641. The molecule has 1 atom stereocenters. The summed E-state index contributed by atoms with van der Waals surface area (Å²) in [6, 6.07) is 3.72.